The van der Waals surface area contributed by atoms with Crippen LogP contribution >= 0.6 is 0 Å². The Morgan fingerprint density at radius 1 is 1.36 bits per heavy atom. The number of hydrogen-bond acceptors (Lipinski definition) is 2. The van der Waals surface area contributed by atoms with E-state index in [1.807, 2.05) is 18.2 Å². The summed E-state index contributed by atoms with van der Waals surface area (Å²) in [4.78, 5) is 2.28. The maximum Gasteiger partial charge on any atom is 0.138 e. The molecule has 2 nitrogen and oxygen atoms in total. The summed E-state index contributed by atoms with van der Waals surface area (Å²) in [5.74, 6) is 1.14. The molecule has 1 atom stereocenters. The number of hydrogen-bond donors (Lipinski definition) is 1. The Morgan fingerprint density at radius 2 is 2.14 bits per heavy atom. The Bertz CT molecular complexity index is 311. The molecular weight excluding hydrogens is 174 g/mol. The van der Waals surface area contributed by atoms with E-state index in [2.05, 4.69) is 11.8 Å². The predicted molar refractivity (Wildman–Crippen MR) is 58.7 cm³/mol. The predicted octanol–water partition coefficient (Wildman–Crippen LogP) is 2.63. The van der Waals surface area contributed by atoms with E-state index >= 15 is 0 Å². The number of aromatic hydroxyl groups is 1. The van der Waals surface area contributed by atoms with Crippen LogP contribution in [0.1, 0.15) is 19.8 Å². The molecule has 1 saturated heterocycles. The molecule has 1 heterocycles. The highest BCUT2D eigenvalue weighted by molar-refractivity contribution is 5.57. The third-order valence-electron chi connectivity index (χ3n) is 2.88. The summed E-state index contributed by atoms with van der Waals surface area (Å²) in [6, 6.07) is 7.60. The van der Waals surface area contributed by atoms with Crippen molar-refractivity contribution in [2.45, 2.75) is 19.8 Å². The Labute approximate surface area is 85.2 Å². The first-order valence-electron chi connectivity index (χ1n) is 5.30. The number of para-hydroxylation sites is 2. The second kappa shape index (κ2) is 3.91. The van der Waals surface area contributed by atoms with Crippen molar-refractivity contribution in [2.24, 2.45) is 5.92 Å². The zero-order valence-electron chi connectivity index (χ0n) is 8.61. The summed E-state index contributed by atoms with van der Waals surface area (Å²) in [6.07, 6.45) is 2.54. The molecule has 1 fully saturated rings. The fourth-order valence-corrected chi connectivity index (χ4v) is 2.14. The van der Waals surface area contributed by atoms with Crippen molar-refractivity contribution in [3.8, 4) is 5.75 Å². The summed E-state index contributed by atoms with van der Waals surface area (Å²) in [5, 5.41) is 9.71. The molecule has 1 aliphatic rings. The van der Waals surface area contributed by atoms with Gasteiger partial charge in [-0.15, -0.1) is 0 Å². The molecule has 0 radical (unpaired) electrons. The molecule has 1 aliphatic heterocycles. The van der Waals surface area contributed by atoms with Crippen LogP contribution in [0.4, 0.5) is 5.69 Å². The lowest BCUT2D eigenvalue weighted by Crippen LogP contribution is -2.34. The molecule has 0 saturated carbocycles. The van der Waals surface area contributed by atoms with Gasteiger partial charge in [0.25, 0.3) is 0 Å². The van der Waals surface area contributed by atoms with Crippen LogP contribution in [0.3, 0.4) is 0 Å². The molecule has 0 aromatic heterocycles. The first kappa shape index (κ1) is 9.38. The van der Waals surface area contributed by atoms with Crippen LogP contribution in [0, 0.1) is 5.92 Å². The largest absolute Gasteiger partial charge is 0.506 e. The lowest BCUT2D eigenvalue weighted by molar-refractivity contribution is 0.433. The van der Waals surface area contributed by atoms with E-state index in [0.717, 1.165) is 24.7 Å². The van der Waals surface area contributed by atoms with E-state index in [-0.39, 0.29) is 0 Å². The summed E-state index contributed by atoms with van der Waals surface area (Å²) in [6.45, 7) is 4.41. The third kappa shape index (κ3) is 1.84. The van der Waals surface area contributed by atoms with E-state index in [1.165, 1.54) is 12.8 Å². The highest BCUT2D eigenvalue weighted by atomic mass is 16.3. The molecule has 14 heavy (non-hydrogen) atoms. The minimum absolute atomic E-state index is 0.404. The molecular formula is C12H17NO. The first-order chi connectivity index (χ1) is 6.77. The van der Waals surface area contributed by atoms with Gasteiger partial charge in [-0.1, -0.05) is 19.1 Å². The second-order valence-electron chi connectivity index (χ2n) is 4.18. The molecule has 76 valence electrons. The fraction of sp³-hybridized carbons (Fsp3) is 0.500. The van der Waals surface area contributed by atoms with Crippen LogP contribution in [0.5, 0.6) is 5.75 Å². The van der Waals surface area contributed by atoms with Crippen molar-refractivity contribution in [1.82, 2.24) is 0 Å². The fourth-order valence-electron chi connectivity index (χ4n) is 2.14. The molecule has 2 rings (SSSR count). The molecule has 0 aliphatic carbocycles. The molecule has 0 bridgehead atoms. The van der Waals surface area contributed by atoms with Crippen LogP contribution in [-0.4, -0.2) is 18.2 Å². The van der Waals surface area contributed by atoms with E-state index in [1.54, 1.807) is 6.07 Å². The highest BCUT2D eigenvalue weighted by Gasteiger charge is 2.18. The van der Waals surface area contributed by atoms with Gasteiger partial charge in [0.05, 0.1) is 5.69 Å². The van der Waals surface area contributed by atoms with Gasteiger partial charge >= 0.3 is 0 Å². The van der Waals surface area contributed by atoms with Gasteiger partial charge in [-0.05, 0) is 30.9 Å². The Hall–Kier alpha value is -1.18. The Kier molecular flexibility index (Phi) is 2.62. The maximum atomic E-state index is 9.71. The van der Waals surface area contributed by atoms with Crippen LogP contribution in [0.25, 0.3) is 0 Å². The quantitative estimate of drug-likeness (QED) is 0.737. The number of phenols is 1. The molecule has 1 aromatic carbocycles. The van der Waals surface area contributed by atoms with Crippen LogP contribution in [-0.2, 0) is 0 Å². The zero-order chi connectivity index (χ0) is 9.97. The van der Waals surface area contributed by atoms with Gasteiger partial charge in [0.1, 0.15) is 5.75 Å². The van der Waals surface area contributed by atoms with Crippen molar-refractivity contribution >= 4 is 5.69 Å². The number of anilines is 1. The average Bonchev–Trinajstić information content (AvgIpc) is 2.18. The zero-order valence-corrected chi connectivity index (χ0v) is 8.61. The second-order valence-corrected chi connectivity index (χ2v) is 4.18. The Morgan fingerprint density at radius 3 is 2.86 bits per heavy atom. The van der Waals surface area contributed by atoms with Gasteiger partial charge in [-0.3, -0.25) is 0 Å². The normalized spacial score (nSPS) is 22.4. The number of phenolic OH excluding ortho intramolecular Hbond substituents is 1. The molecule has 0 amide bonds. The SMILES string of the molecule is C[C@@H]1CCCN(c2ccccc2O)C1. The lowest BCUT2D eigenvalue weighted by Gasteiger charge is -2.33. The van der Waals surface area contributed by atoms with E-state index in [0.29, 0.717) is 5.75 Å². The standard InChI is InChI=1S/C12H17NO/c1-10-5-4-8-13(9-10)11-6-2-3-7-12(11)14/h2-3,6-7,10,14H,4-5,8-9H2,1H3/t10-/m1/s1. The van der Waals surface area contributed by atoms with E-state index in [4.69, 9.17) is 0 Å². The van der Waals surface area contributed by atoms with Gasteiger partial charge in [0, 0.05) is 13.1 Å². The maximum absolute atomic E-state index is 9.71. The summed E-state index contributed by atoms with van der Waals surface area (Å²) < 4.78 is 0. The van der Waals surface area contributed by atoms with Gasteiger partial charge in [-0.25, -0.2) is 0 Å². The van der Waals surface area contributed by atoms with Crippen molar-refractivity contribution in [2.75, 3.05) is 18.0 Å². The monoisotopic (exact) mass is 191 g/mol. The number of benzene rings is 1. The minimum Gasteiger partial charge on any atom is -0.506 e. The topological polar surface area (TPSA) is 23.5 Å². The molecule has 1 aromatic rings. The highest BCUT2D eigenvalue weighted by Crippen LogP contribution is 2.29. The van der Waals surface area contributed by atoms with Crippen molar-refractivity contribution in [1.29, 1.82) is 0 Å². The third-order valence-corrected chi connectivity index (χ3v) is 2.88. The van der Waals surface area contributed by atoms with Crippen LogP contribution < -0.4 is 4.90 Å². The molecule has 0 spiro atoms. The van der Waals surface area contributed by atoms with Crippen molar-refractivity contribution in [3.05, 3.63) is 24.3 Å². The summed E-state index contributed by atoms with van der Waals surface area (Å²) in [7, 11) is 0. The molecule has 0 unspecified atom stereocenters. The Balaban J connectivity index is 2.18. The number of piperidine rings is 1. The summed E-state index contributed by atoms with van der Waals surface area (Å²) >= 11 is 0. The van der Waals surface area contributed by atoms with Crippen LogP contribution in [0.2, 0.25) is 0 Å². The van der Waals surface area contributed by atoms with Gasteiger partial charge in [0.2, 0.25) is 0 Å². The van der Waals surface area contributed by atoms with Crippen molar-refractivity contribution < 1.29 is 5.11 Å². The average molecular weight is 191 g/mol. The van der Waals surface area contributed by atoms with E-state index in [9.17, 15) is 5.11 Å². The van der Waals surface area contributed by atoms with Gasteiger partial charge in [0.15, 0.2) is 0 Å². The smallest absolute Gasteiger partial charge is 0.138 e. The first-order valence-corrected chi connectivity index (χ1v) is 5.30. The van der Waals surface area contributed by atoms with E-state index < -0.39 is 0 Å². The van der Waals surface area contributed by atoms with Gasteiger partial charge < -0.3 is 10.0 Å². The summed E-state index contributed by atoms with van der Waals surface area (Å²) in [5.41, 5.74) is 0.985. The number of nitrogens with zero attached hydrogens (tertiary/aromatic N) is 1. The molecule has 1 N–H and O–H groups in total. The van der Waals surface area contributed by atoms with Crippen molar-refractivity contribution in [3.63, 3.8) is 0 Å². The lowest BCUT2D eigenvalue weighted by atomic mass is 10.00. The molecule has 2 heteroatoms. The number of rotatable bonds is 1. The van der Waals surface area contributed by atoms with Gasteiger partial charge in [-0.2, -0.15) is 0 Å². The minimum atomic E-state index is 0.404. The van der Waals surface area contributed by atoms with Crippen LogP contribution in [0.15, 0.2) is 24.3 Å².